The van der Waals surface area contributed by atoms with E-state index in [2.05, 4.69) is 41.7 Å². The van der Waals surface area contributed by atoms with Crippen molar-refractivity contribution in [2.75, 3.05) is 25.2 Å². The molecule has 5 N–H and O–H groups in total. The fraction of sp³-hybridized carbons (Fsp3) is 0.474. The first-order valence-electron chi connectivity index (χ1n) is 8.94. The van der Waals surface area contributed by atoms with Gasteiger partial charge in [-0.3, -0.25) is 0 Å². The molecule has 148 valence electrons. The Balaban J connectivity index is 1.82. The molecule has 0 fully saturated rings. The van der Waals surface area contributed by atoms with E-state index in [-0.39, 0.29) is 12.1 Å². The Morgan fingerprint density at radius 2 is 1.89 bits per heavy atom. The molecule has 0 bridgehead atoms. The van der Waals surface area contributed by atoms with Gasteiger partial charge in [-0.25, -0.2) is 5.84 Å². The minimum Gasteiger partial charge on any atom is -0.491 e. The average molecular weight is 375 g/mol. The normalized spacial score (nSPS) is 12.5. The fourth-order valence-corrected chi connectivity index (χ4v) is 2.26. The summed E-state index contributed by atoms with van der Waals surface area (Å²) < 4.78 is 11.4. The average Bonchev–Trinajstić information content (AvgIpc) is 2.65. The number of hydrogen-bond acceptors (Lipinski definition) is 8. The number of hydrazine groups is 1. The number of para-hydroxylation sites is 1. The zero-order valence-corrected chi connectivity index (χ0v) is 16.1. The SMILES string of the molecule is CC(C)(C)NCC(O)COc1ccccc1CCOc1ccc(NN)nn1. The third kappa shape index (κ3) is 7.78. The number of aliphatic hydroxyl groups excluding tert-OH is 1. The van der Waals surface area contributed by atoms with Gasteiger partial charge in [0.05, 0.1) is 6.61 Å². The van der Waals surface area contributed by atoms with E-state index in [1.165, 1.54) is 0 Å². The number of anilines is 1. The lowest BCUT2D eigenvalue weighted by Gasteiger charge is -2.23. The number of benzene rings is 1. The largest absolute Gasteiger partial charge is 0.491 e. The molecule has 1 aromatic carbocycles. The maximum absolute atomic E-state index is 10.1. The predicted octanol–water partition coefficient (Wildman–Crippen LogP) is 1.51. The number of nitrogen functional groups attached to an aromatic ring is 1. The van der Waals surface area contributed by atoms with Crippen LogP contribution >= 0.6 is 0 Å². The second-order valence-electron chi connectivity index (χ2n) is 7.20. The highest BCUT2D eigenvalue weighted by Gasteiger charge is 2.13. The first kappa shape index (κ1) is 20.9. The number of hydrogen-bond donors (Lipinski definition) is 4. The topological polar surface area (TPSA) is 115 Å². The van der Waals surface area contributed by atoms with Crippen LogP contribution in [-0.2, 0) is 6.42 Å². The van der Waals surface area contributed by atoms with Gasteiger partial charge in [0.25, 0.3) is 0 Å². The Hall–Kier alpha value is -2.42. The molecule has 0 saturated heterocycles. The Morgan fingerprint density at radius 3 is 2.56 bits per heavy atom. The highest BCUT2D eigenvalue weighted by Crippen LogP contribution is 2.19. The molecule has 0 spiro atoms. The van der Waals surface area contributed by atoms with Gasteiger partial charge in [0, 0.05) is 24.6 Å². The Morgan fingerprint density at radius 1 is 1.11 bits per heavy atom. The van der Waals surface area contributed by atoms with E-state index in [9.17, 15) is 5.11 Å². The van der Waals surface area contributed by atoms with Crippen molar-refractivity contribution in [1.82, 2.24) is 15.5 Å². The summed E-state index contributed by atoms with van der Waals surface area (Å²) in [4.78, 5) is 0. The first-order valence-corrected chi connectivity index (χ1v) is 8.94. The van der Waals surface area contributed by atoms with Crippen molar-refractivity contribution in [3.05, 3.63) is 42.0 Å². The van der Waals surface area contributed by atoms with Crippen LogP contribution in [0.15, 0.2) is 36.4 Å². The van der Waals surface area contributed by atoms with Crippen molar-refractivity contribution < 1.29 is 14.6 Å². The van der Waals surface area contributed by atoms with Gasteiger partial charge in [0.15, 0.2) is 5.82 Å². The van der Waals surface area contributed by atoms with Crippen LogP contribution in [0.2, 0.25) is 0 Å². The number of nitrogens with two attached hydrogens (primary N) is 1. The Labute approximate surface area is 160 Å². The van der Waals surface area contributed by atoms with Crippen LogP contribution < -0.4 is 26.1 Å². The molecule has 1 atom stereocenters. The van der Waals surface area contributed by atoms with Crippen LogP contribution in [0.5, 0.6) is 11.6 Å². The third-order valence-corrected chi connectivity index (χ3v) is 3.68. The number of β-amino-alcohol motifs (C(OH)–C–C–N with tert-alkyl or cyclic N) is 1. The summed E-state index contributed by atoms with van der Waals surface area (Å²) in [6, 6.07) is 11.1. The molecule has 0 amide bonds. The minimum atomic E-state index is -0.585. The fourth-order valence-electron chi connectivity index (χ4n) is 2.26. The number of ether oxygens (including phenoxy) is 2. The maximum Gasteiger partial charge on any atom is 0.233 e. The second-order valence-corrected chi connectivity index (χ2v) is 7.20. The zero-order valence-electron chi connectivity index (χ0n) is 16.1. The maximum atomic E-state index is 10.1. The molecule has 0 saturated carbocycles. The molecule has 0 aliphatic carbocycles. The van der Waals surface area contributed by atoms with Gasteiger partial charge in [0.1, 0.15) is 18.5 Å². The van der Waals surface area contributed by atoms with Crippen molar-refractivity contribution in [2.24, 2.45) is 5.84 Å². The summed E-state index contributed by atoms with van der Waals surface area (Å²) in [5.41, 5.74) is 3.37. The molecule has 1 aromatic heterocycles. The van der Waals surface area contributed by atoms with Crippen LogP contribution in [0.1, 0.15) is 26.3 Å². The molecule has 0 radical (unpaired) electrons. The van der Waals surface area contributed by atoms with E-state index in [0.717, 1.165) is 11.3 Å². The number of rotatable bonds is 10. The van der Waals surface area contributed by atoms with Crippen LogP contribution in [0, 0.1) is 0 Å². The van der Waals surface area contributed by atoms with E-state index >= 15 is 0 Å². The molecule has 2 rings (SSSR count). The van der Waals surface area contributed by atoms with Gasteiger partial charge in [-0.2, -0.15) is 0 Å². The van der Waals surface area contributed by atoms with E-state index in [0.29, 0.717) is 31.3 Å². The number of nitrogens with zero attached hydrogens (tertiary/aromatic N) is 2. The number of nitrogens with one attached hydrogen (secondary N) is 2. The molecular formula is C19H29N5O3. The van der Waals surface area contributed by atoms with E-state index in [4.69, 9.17) is 15.3 Å². The van der Waals surface area contributed by atoms with Crippen molar-refractivity contribution in [1.29, 1.82) is 0 Å². The van der Waals surface area contributed by atoms with Gasteiger partial charge < -0.3 is 25.3 Å². The Kier molecular flexibility index (Phi) is 7.78. The van der Waals surface area contributed by atoms with Crippen molar-refractivity contribution in [2.45, 2.75) is 38.8 Å². The van der Waals surface area contributed by atoms with E-state index in [1.807, 2.05) is 24.3 Å². The predicted molar refractivity (Wildman–Crippen MR) is 105 cm³/mol. The van der Waals surface area contributed by atoms with Gasteiger partial charge >= 0.3 is 0 Å². The van der Waals surface area contributed by atoms with Gasteiger partial charge in [-0.15, -0.1) is 10.2 Å². The lowest BCUT2D eigenvalue weighted by Crippen LogP contribution is -2.42. The van der Waals surface area contributed by atoms with E-state index < -0.39 is 6.10 Å². The zero-order chi connectivity index (χ0) is 19.7. The second kappa shape index (κ2) is 10.1. The molecule has 8 nitrogen and oxygen atoms in total. The van der Waals surface area contributed by atoms with Gasteiger partial charge in [0.2, 0.25) is 5.88 Å². The number of aromatic nitrogens is 2. The summed E-state index contributed by atoms with van der Waals surface area (Å²) in [6.45, 7) is 7.29. The Bertz CT molecular complexity index is 688. The molecule has 0 aliphatic rings. The minimum absolute atomic E-state index is 0.0441. The van der Waals surface area contributed by atoms with Crippen LogP contribution in [0.3, 0.4) is 0 Å². The van der Waals surface area contributed by atoms with Crippen molar-refractivity contribution >= 4 is 5.82 Å². The quantitative estimate of drug-likeness (QED) is 0.365. The van der Waals surface area contributed by atoms with Gasteiger partial charge in [-0.05, 0) is 38.5 Å². The summed E-state index contributed by atoms with van der Waals surface area (Å²) in [5, 5.41) is 21.1. The smallest absolute Gasteiger partial charge is 0.233 e. The lowest BCUT2D eigenvalue weighted by atomic mass is 10.1. The van der Waals surface area contributed by atoms with Crippen LogP contribution in [-0.4, -0.2) is 46.7 Å². The van der Waals surface area contributed by atoms with Crippen LogP contribution in [0.25, 0.3) is 0 Å². The molecule has 8 heteroatoms. The van der Waals surface area contributed by atoms with Crippen LogP contribution in [0.4, 0.5) is 5.82 Å². The lowest BCUT2D eigenvalue weighted by molar-refractivity contribution is 0.0994. The highest BCUT2D eigenvalue weighted by molar-refractivity contribution is 5.34. The van der Waals surface area contributed by atoms with E-state index in [1.54, 1.807) is 12.1 Å². The first-order chi connectivity index (χ1) is 12.9. The number of aliphatic hydroxyl groups is 1. The molecule has 2 aromatic rings. The molecule has 27 heavy (non-hydrogen) atoms. The highest BCUT2D eigenvalue weighted by atomic mass is 16.5. The molecule has 1 unspecified atom stereocenters. The molecule has 1 heterocycles. The third-order valence-electron chi connectivity index (χ3n) is 3.68. The summed E-state index contributed by atoms with van der Waals surface area (Å²) >= 11 is 0. The summed E-state index contributed by atoms with van der Waals surface area (Å²) in [5.74, 6) is 6.89. The summed E-state index contributed by atoms with van der Waals surface area (Å²) in [6.07, 6.45) is 0.0592. The molecular weight excluding hydrogens is 346 g/mol. The van der Waals surface area contributed by atoms with Crippen molar-refractivity contribution in [3.63, 3.8) is 0 Å². The monoisotopic (exact) mass is 375 g/mol. The van der Waals surface area contributed by atoms with Gasteiger partial charge in [-0.1, -0.05) is 18.2 Å². The standard InChI is InChI=1S/C19H29N5O3/c1-19(2,3)21-12-15(25)13-27-16-7-5-4-6-14(16)10-11-26-18-9-8-17(22-20)23-24-18/h4-9,15,21,25H,10-13,20H2,1-3H3,(H,22,23). The summed E-state index contributed by atoms with van der Waals surface area (Å²) in [7, 11) is 0. The van der Waals surface area contributed by atoms with Crippen molar-refractivity contribution in [3.8, 4) is 11.6 Å². The molecule has 0 aliphatic heterocycles.